The summed E-state index contributed by atoms with van der Waals surface area (Å²) in [5.41, 5.74) is 1.19. The van der Waals surface area contributed by atoms with Gasteiger partial charge in [0.2, 0.25) is 11.8 Å². The molecule has 0 bridgehead atoms. The van der Waals surface area contributed by atoms with E-state index in [1.807, 2.05) is 6.92 Å². The number of hydrogen-bond donors (Lipinski definition) is 1. The number of ether oxygens (including phenoxy) is 1. The second kappa shape index (κ2) is 7.48. The van der Waals surface area contributed by atoms with Crippen LogP contribution < -0.4 is 15.0 Å². The Morgan fingerprint density at radius 2 is 2.00 bits per heavy atom. The molecule has 8 heteroatoms. The van der Waals surface area contributed by atoms with E-state index in [-0.39, 0.29) is 24.2 Å². The summed E-state index contributed by atoms with van der Waals surface area (Å²) in [7, 11) is 0. The summed E-state index contributed by atoms with van der Waals surface area (Å²) < 4.78 is 5.16. The quantitative estimate of drug-likeness (QED) is 0.885. The first-order chi connectivity index (χ1) is 12.1. The van der Waals surface area contributed by atoms with Crippen molar-refractivity contribution in [2.75, 3.05) is 23.4 Å². The Labute approximate surface area is 150 Å². The fourth-order valence-corrected chi connectivity index (χ4v) is 2.71. The van der Waals surface area contributed by atoms with E-state index in [9.17, 15) is 9.59 Å². The van der Waals surface area contributed by atoms with Crippen LogP contribution in [0.3, 0.4) is 0 Å². The molecule has 0 spiro atoms. The first-order valence-electron chi connectivity index (χ1n) is 7.88. The lowest BCUT2D eigenvalue weighted by Crippen LogP contribution is -2.28. The van der Waals surface area contributed by atoms with Crippen molar-refractivity contribution in [2.45, 2.75) is 13.3 Å². The van der Waals surface area contributed by atoms with Gasteiger partial charge in [0.25, 0.3) is 0 Å². The highest BCUT2D eigenvalue weighted by atomic mass is 35.5. The van der Waals surface area contributed by atoms with Gasteiger partial charge in [-0.25, -0.2) is 9.97 Å². The molecule has 3 rings (SSSR count). The summed E-state index contributed by atoms with van der Waals surface area (Å²) in [6.07, 6.45) is 3.11. The van der Waals surface area contributed by atoms with E-state index in [0.717, 1.165) is 5.69 Å². The zero-order valence-corrected chi connectivity index (χ0v) is 14.4. The maximum absolute atomic E-state index is 12.4. The van der Waals surface area contributed by atoms with Gasteiger partial charge in [-0.15, -0.1) is 0 Å². The average molecular weight is 361 g/mol. The minimum atomic E-state index is -0.435. The molecule has 1 saturated heterocycles. The van der Waals surface area contributed by atoms with E-state index in [1.165, 1.54) is 12.4 Å². The van der Waals surface area contributed by atoms with Crippen molar-refractivity contribution in [1.82, 2.24) is 9.97 Å². The maximum Gasteiger partial charge on any atom is 0.316 e. The highest BCUT2D eigenvalue weighted by Gasteiger charge is 2.35. The van der Waals surface area contributed by atoms with E-state index in [1.54, 1.807) is 29.2 Å². The van der Waals surface area contributed by atoms with Gasteiger partial charge >= 0.3 is 6.01 Å². The van der Waals surface area contributed by atoms with Gasteiger partial charge < -0.3 is 15.0 Å². The number of carbonyl (C=O) groups excluding carboxylic acids is 2. The van der Waals surface area contributed by atoms with Crippen LogP contribution in [0.1, 0.15) is 13.3 Å². The maximum atomic E-state index is 12.4. The molecule has 1 unspecified atom stereocenters. The fourth-order valence-electron chi connectivity index (χ4n) is 2.58. The van der Waals surface area contributed by atoms with Gasteiger partial charge in [-0.05, 0) is 31.2 Å². The van der Waals surface area contributed by atoms with Gasteiger partial charge in [-0.2, -0.15) is 0 Å². The summed E-state index contributed by atoms with van der Waals surface area (Å²) >= 11 is 5.87. The average Bonchev–Trinajstić information content (AvgIpc) is 3.00. The Morgan fingerprint density at radius 3 is 2.64 bits per heavy atom. The van der Waals surface area contributed by atoms with Crippen LogP contribution >= 0.6 is 11.6 Å². The topological polar surface area (TPSA) is 84.4 Å². The summed E-state index contributed by atoms with van der Waals surface area (Å²) in [6.45, 7) is 2.63. The number of aromatic nitrogens is 2. The SMILES string of the molecule is CCOc1ncc(NC(=O)C2CC(=O)N(c3ccc(Cl)cc3)C2)cn1. The number of benzene rings is 1. The predicted octanol–water partition coefficient (Wildman–Crippen LogP) is 2.52. The van der Waals surface area contributed by atoms with Crippen LogP contribution in [-0.2, 0) is 9.59 Å². The summed E-state index contributed by atoms with van der Waals surface area (Å²) in [4.78, 5) is 34.2. The molecular weight excluding hydrogens is 344 g/mol. The molecule has 1 aliphatic rings. The Hall–Kier alpha value is -2.67. The van der Waals surface area contributed by atoms with Crippen LogP contribution in [0.25, 0.3) is 0 Å². The molecule has 0 saturated carbocycles. The number of hydrogen-bond acceptors (Lipinski definition) is 5. The number of nitrogens with zero attached hydrogens (tertiary/aromatic N) is 3. The van der Waals surface area contributed by atoms with Crippen molar-refractivity contribution in [3.05, 3.63) is 41.7 Å². The zero-order chi connectivity index (χ0) is 17.8. The number of rotatable bonds is 5. The molecule has 7 nitrogen and oxygen atoms in total. The van der Waals surface area contributed by atoms with E-state index < -0.39 is 5.92 Å². The lowest BCUT2D eigenvalue weighted by molar-refractivity contribution is -0.122. The Morgan fingerprint density at radius 1 is 1.32 bits per heavy atom. The minimum absolute atomic E-state index is 0.0922. The summed E-state index contributed by atoms with van der Waals surface area (Å²) in [5, 5.41) is 3.33. The van der Waals surface area contributed by atoms with Gasteiger partial charge in [0.15, 0.2) is 0 Å². The third-order valence-electron chi connectivity index (χ3n) is 3.80. The number of amides is 2. The normalized spacial score (nSPS) is 16.8. The molecule has 0 aliphatic carbocycles. The van der Waals surface area contributed by atoms with E-state index in [2.05, 4.69) is 15.3 Å². The van der Waals surface area contributed by atoms with Crippen molar-refractivity contribution < 1.29 is 14.3 Å². The molecule has 25 heavy (non-hydrogen) atoms. The second-order valence-corrected chi connectivity index (χ2v) is 5.99. The smallest absolute Gasteiger partial charge is 0.316 e. The second-order valence-electron chi connectivity index (χ2n) is 5.56. The first kappa shape index (κ1) is 17.2. The van der Waals surface area contributed by atoms with Crippen LogP contribution in [0.4, 0.5) is 11.4 Å². The highest BCUT2D eigenvalue weighted by Crippen LogP contribution is 2.27. The van der Waals surface area contributed by atoms with Crippen LogP contribution in [0.15, 0.2) is 36.7 Å². The van der Waals surface area contributed by atoms with E-state index >= 15 is 0 Å². The van der Waals surface area contributed by atoms with Crippen molar-refractivity contribution in [3.63, 3.8) is 0 Å². The summed E-state index contributed by atoms with van der Waals surface area (Å²) in [5.74, 6) is -0.766. The third-order valence-corrected chi connectivity index (χ3v) is 4.06. The van der Waals surface area contributed by atoms with Gasteiger partial charge in [-0.3, -0.25) is 9.59 Å². The van der Waals surface area contributed by atoms with Crippen molar-refractivity contribution >= 4 is 34.8 Å². The molecule has 1 aliphatic heterocycles. The molecule has 130 valence electrons. The standard InChI is InChI=1S/C17H17ClN4O3/c1-2-25-17-19-8-13(9-20-17)21-16(24)11-7-15(23)22(10-11)14-5-3-12(18)4-6-14/h3-6,8-9,11H,2,7,10H2,1H3,(H,21,24). The zero-order valence-electron chi connectivity index (χ0n) is 13.6. The Bertz CT molecular complexity index is 764. The Balaban J connectivity index is 1.63. The van der Waals surface area contributed by atoms with Crippen LogP contribution in [0.5, 0.6) is 6.01 Å². The van der Waals surface area contributed by atoms with Crippen molar-refractivity contribution in [3.8, 4) is 6.01 Å². The predicted molar refractivity (Wildman–Crippen MR) is 93.7 cm³/mol. The molecule has 0 radical (unpaired) electrons. The molecule has 1 fully saturated rings. The lowest BCUT2D eigenvalue weighted by atomic mass is 10.1. The molecule has 2 heterocycles. The molecule has 1 N–H and O–H groups in total. The van der Waals surface area contributed by atoms with Gasteiger partial charge in [0.05, 0.1) is 30.6 Å². The van der Waals surface area contributed by atoms with Crippen molar-refractivity contribution in [2.24, 2.45) is 5.92 Å². The largest absolute Gasteiger partial charge is 0.464 e. The third kappa shape index (κ3) is 4.06. The molecule has 1 atom stereocenters. The number of anilines is 2. The number of nitrogens with one attached hydrogen (secondary N) is 1. The van der Waals surface area contributed by atoms with E-state index in [0.29, 0.717) is 23.9 Å². The minimum Gasteiger partial charge on any atom is -0.464 e. The number of carbonyl (C=O) groups is 2. The van der Waals surface area contributed by atoms with Crippen LogP contribution in [0.2, 0.25) is 5.02 Å². The lowest BCUT2D eigenvalue weighted by Gasteiger charge is -2.16. The first-order valence-corrected chi connectivity index (χ1v) is 8.26. The van der Waals surface area contributed by atoms with Gasteiger partial charge in [0, 0.05) is 23.7 Å². The molecular formula is C17H17ClN4O3. The van der Waals surface area contributed by atoms with Gasteiger partial charge in [0.1, 0.15) is 0 Å². The highest BCUT2D eigenvalue weighted by molar-refractivity contribution is 6.30. The van der Waals surface area contributed by atoms with Crippen LogP contribution in [0, 0.1) is 5.92 Å². The molecule has 1 aromatic carbocycles. The van der Waals surface area contributed by atoms with Crippen molar-refractivity contribution in [1.29, 1.82) is 0 Å². The molecule has 2 amide bonds. The fraction of sp³-hybridized carbons (Fsp3) is 0.294. The molecule has 2 aromatic rings. The van der Waals surface area contributed by atoms with E-state index in [4.69, 9.17) is 16.3 Å². The Kier molecular flexibility index (Phi) is 5.14. The summed E-state index contributed by atoms with van der Waals surface area (Å²) in [6, 6.07) is 7.22. The van der Waals surface area contributed by atoms with Crippen LogP contribution in [-0.4, -0.2) is 34.9 Å². The molecule has 1 aromatic heterocycles. The van der Waals surface area contributed by atoms with Gasteiger partial charge in [-0.1, -0.05) is 11.6 Å². The number of halogens is 1. The monoisotopic (exact) mass is 360 g/mol.